The van der Waals surface area contributed by atoms with Crippen molar-refractivity contribution in [3.8, 4) is 5.75 Å². The molecule has 1 aliphatic heterocycles. The molecule has 3 rings (SSSR count). The first kappa shape index (κ1) is 18.6. The Morgan fingerprint density at radius 1 is 0.963 bits per heavy atom. The van der Waals surface area contributed by atoms with Crippen LogP contribution in [0.3, 0.4) is 0 Å². The van der Waals surface area contributed by atoms with Gasteiger partial charge in [-0.1, -0.05) is 26.0 Å². The average Bonchev–Trinajstić information content (AvgIpc) is 2.95. The van der Waals surface area contributed by atoms with Gasteiger partial charge in [-0.05, 0) is 49.2 Å². The van der Waals surface area contributed by atoms with Crippen molar-refractivity contribution < 1.29 is 23.9 Å². The summed E-state index contributed by atoms with van der Waals surface area (Å²) in [7, 11) is 0. The molecule has 0 aromatic heterocycles. The minimum absolute atomic E-state index is 0.348. The Hall–Kier alpha value is -3.15. The van der Waals surface area contributed by atoms with E-state index < -0.39 is 12.1 Å². The molecule has 0 unspecified atom stereocenters. The number of fused-ring (bicyclic) bond motifs is 1. The number of nitrogens with zero attached hydrogens (tertiary/aromatic N) is 1. The quantitative estimate of drug-likeness (QED) is 0.552. The number of rotatable bonds is 7. The summed E-state index contributed by atoms with van der Waals surface area (Å²) < 4.78 is 10.8. The molecule has 2 amide bonds. The van der Waals surface area contributed by atoms with Gasteiger partial charge in [0.05, 0.1) is 23.4 Å². The van der Waals surface area contributed by atoms with Crippen LogP contribution in [-0.2, 0) is 9.53 Å². The van der Waals surface area contributed by atoms with E-state index in [1.165, 1.54) is 0 Å². The van der Waals surface area contributed by atoms with Crippen LogP contribution in [0.15, 0.2) is 48.5 Å². The molecule has 0 radical (unpaired) electrons. The van der Waals surface area contributed by atoms with E-state index in [-0.39, 0.29) is 11.8 Å². The molecule has 27 heavy (non-hydrogen) atoms. The van der Waals surface area contributed by atoms with Crippen molar-refractivity contribution in [1.29, 1.82) is 0 Å². The molecule has 1 heterocycles. The van der Waals surface area contributed by atoms with Crippen LogP contribution in [0.4, 0.5) is 5.69 Å². The lowest BCUT2D eigenvalue weighted by Crippen LogP contribution is -2.30. The van der Waals surface area contributed by atoms with Gasteiger partial charge in [-0.2, -0.15) is 0 Å². The SMILES string of the molecule is CCCOC(=O)[C@H](CC)Oc1ccc(N2C(=O)c3ccccc3C2=O)cc1. The molecule has 0 spiro atoms. The van der Waals surface area contributed by atoms with Gasteiger partial charge in [0.2, 0.25) is 0 Å². The number of imide groups is 1. The molecule has 0 fully saturated rings. The Kier molecular flexibility index (Phi) is 5.54. The van der Waals surface area contributed by atoms with E-state index in [4.69, 9.17) is 9.47 Å². The van der Waals surface area contributed by atoms with E-state index in [0.717, 1.165) is 11.3 Å². The number of benzene rings is 2. The average molecular weight is 367 g/mol. The topological polar surface area (TPSA) is 72.9 Å². The molecule has 0 saturated heterocycles. The molecular formula is C21H21NO5. The molecular weight excluding hydrogens is 346 g/mol. The molecule has 1 atom stereocenters. The summed E-state index contributed by atoms with van der Waals surface area (Å²) in [5, 5.41) is 0. The summed E-state index contributed by atoms with van der Waals surface area (Å²) in [6.45, 7) is 4.12. The van der Waals surface area contributed by atoms with Gasteiger partial charge < -0.3 is 9.47 Å². The van der Waals surface area contributed by atoms with E-state index in [9.17, 15) is 14.4 Å². The maximum absolute atomic E-state index is 12.5. The highest BCUT2D eigenvalue weighted by Crippen LogP contribution is 2.29. The minimum atomic E-state index is -0.693. The van der Waals surface area contributed by atoms with Crippen LogP contribution in [0.1, 0.15) is 47.4 Å². The first-order chi connectivity index (χ1) is 13.1. The summed E-state index contributed by atoms with van der Waals surface area (Å²) in [6, 6.07) is 13.3. The summed E-state index contributed by atoms with van der Waals surface area (Å²) in [6.07, 6.45) is 0.529. The van der Waals surface area contributed by atoms with Gasteiger partial charge in [0, 0.05) is 0 Å². The third kappa shape index (κ3) is 3.69. The lowest BCUT2D eigenvalue weighted by Gasteiger charge is -2.18. The predicted molar refractivity (Wildman–Crippen MR) is 100.0 cm³/mol. The van der Waals surface area contributed by atoms with E-state index in [0.29, 0.717) is 35.6 Å². The Labute approximate surface area is 157 Å². The molecule has 0 saturated carbocycles. The van der Waals surface area contributed by atoms with Crippen LogP contribution in [0, 0.1) is 0 Å². The zero-order valence-electron chi connectivity index (χ0n) is 15.3. The lowest BCUT2D eigenvalue weighted by molar-refractivity contribution is -0.152. The second-order valence-corrected chi connectivity index (χ2v) is 6.17. The van der Waals surface area contributed by atoms with Gasteiger partial charge in [0.25, 0.3) is 11.8 Å². The number of anilines is 1. The maximum Gasteiger partial charge on any atom is 0.347 e. The smallest absolute Gasteiger partial charge is 0.347 e. The Morgan fingerprint density at radius 2 is 1.56 bits per heavy atom. The Balaban J connectivity index is 1.74. The fourth-order valence-corrected chi connectivity index (χ4v) is 2.86. The molecule has 2 aromatic rings. The molecule has 0 bridgehead atoms. The highest BCUT2D eigenvalue weighted by Gasteiger charge is 2.36. The van der Waals surface area contributed by atoms with Gasteiger partial charge in [-0.3, -0.25) is 9.59 Å². The van der Waals surface area contributed by atoms with Crippen molar-refractivity contribution in [1.82, 2.24) is 0 Å². The first-order valence-electron chi connectivity index (χ1n) is 8.98. The monoisotopic (exact) mass is 367 g/mol. The zero-order valence-corrected chi connectivity index (χ0v) is 15.3. The van der Waals surface area contributed by atoms with Gasteiger partial charge >= 0.3 is 5.97 Å². The highest BCUT2D eigenvalue weighted by molar-refractivity contribution is 6.34. The molecule has 140 valence electrons. The molecule has 0 N–H and O–H groups in total. The highest BCUT2D eigenvalue weighted by atomic mass is 16.6. The minimum Gasteiger partial charge on any atom is -0.479 e. The number of hydrogen-bond acceptors (Lipinski definition) is 5. The van der Waals surface area contributed by atoms with Gasteiger partial charge in [0.1, 0.15) is 5.75 Å². The van der Waals surface area contributed by atoms with Crippen LogP contribution in [-0.4, -0.2) is 30.5 Å². The lowest BCUT2D eigenvalue weighted by atomic mass is 10.1. The molecule has 6 nitrogen and oxygen atoms in total. The van der Waals surface area contributed by atoms with Crippen molar-refractivity contribution in [2.75, 3.05) is 11.5 Å². The second kappa shape index (κ2) is 8.03. The second-order valence-electron chi connectivity index (χ2n) is 6.17. The van der Waals surface area contributed by atoms with Gasteiger partial charge in [-0.15, -0.1) is 0 Å². The Bertz CT molecular complexity index is 824. The summed E-state index contributed by atoms with van der Waals surface area (Å²) in [5.41, 5.74) is 1.25. The van der Waals surface area contributed by atoms with E-state index >= 15 is 0 Å². The predicted octanol–water partition coefficient (Wildman–Crippen LogP) is 3.60. The van der Waals surface area contributed by atoms with Crippen molar-refractivity contribution in [2.24, 2.45) is 0 Å². The van der Waals surface area contributed by atoms with E-state index in [1.54, 1.807) is 48.5 Å². The van der Waals surface area contributed by atoms with Crippen LogP contribution in [0.5, 0.6) is 5.75 Å². The number of esters is 1. The molecule has 2 aromatic carbocycles. The maximum atomic E-state index is 12.5. The standard InChI is InChI=1S/C21H21NO5/c1-3-13-26-21(25)18(4-2)27-15-11-9-14(10-12-15)22-19(23)16-7-5-6-8-17(16)20(22)24/h5-12,18H,3-4,13H2,1-2H3/t18-/m0/s1. The number of amides is 2. The normalized spacial score (nSPS) is 14.1. The fourth-order valence-electron chi connectivity index (χ4n) is 2.86. The molecule has 1 aliphatic rings. The number of ether oxygens (including phenoxy) is 2. The summed E-state index contributed by atoms with van der Waals surface area (Å²) >= 11 is 0. The van der Waals surface area contributed by atoms with E-state index in [2.05, 4.69) is 0 Å². The number of hydrogen-bond donors (Lipinski definition) is 0. The summed E-state index contributed by atoms with van der Waals surface area (Å²) in [5.74, 6) is -0.628. The number of carbonyl (C=O) groups is 3. The fraction of sp³-hybridized carbons (Fsp3) is 0.286. The van der Waals surface area contributed by atoms with Gasteiger partial charge in [-0.25, -0.2) is 9.69 Å². The Morgan fingerprint density at radius 3 is 2.07 bits per heavy atom. The van der Waals surface area contributed by atoms with Crippen LogP contribution in [0.2, 0.25) is 0 Å². The van der Waals surface area contributed by atoms with E-state index in [1.807, 2.05) is 13.8 Å². The van der Waals surface area contributed by atoms with Crippen molar-refractivity contribution in [3.63, 3.8) is 0 Å². The van der Waals surface area contributed by atoms with Crippen LogP contribution < -0.4 is 9.64 Å². The third-order valence-corrected chi connectivity index (χ3v) is 4.25. The van der Waals surface area contributed by atoms with Crippen molar-refractivity contribution in [2.45, 2.75) is 32.8 Å². The van der Waals surface area contributed by atoms with Crippen LogP contribution >= 0.6 is 0 Å². The van der Waals surface area contributed by atoms with Crippen LogP contribution in [0.25, 0.3) is 0 Å². The largest absolute Gasteiger partial charge is 0.479 e. The van der Waals surface area contributed by atoms with Crippen molar-refractivity contribution in [3.05, 3.63) is 59.7 Å². The third-order valence-electron chi connectivity index (χ3n) is 4.25. The molecule has 0 aliphatic carbocycles. The zero-order chi connectivity index (χ0) is 19.4. The molecule has 6 heteroatoms. The number of carbonyl (C=O) groups excluding carboxylic acids is 3. The summed E-state index contributed by atoms with van der Waals surface area (Å²) in [4.78, 5) is 38.2. The van der Waals surface area contributed by atoms with Gasteiger partial charge in [0.15, 0.2) is 6.10 Å². The first-order valence-corrected chi connectivity index (χ1v) is 8.98. The van der Waals surface area contributed by atoms with Crippen molar-refractivity contribution >= 4 is 23.5 Å².